The van der Waals surface area contributed by atoms with Crippen LogP contribution in [-0.4, -0.2) is 4.57 Å². The predicted molar refractivity (Wildman–Crippen MR) is 238 cm³/mol. The first-order chi connectivity index (χ1) is 27.5. The van der Waals surface area contributed by atoms with Gasteiger partial charge in [0.05, 0.1) is 11.0 Å². The number of para-hydroxylation sites is 2. The summed E-state index contributed by atoms with van der Waals surface area (Å²) >= 11 is 0. The lowest BCUT2D eigenvalue weighted by Gasteiger charge is -2.28. The van der Waals surface area contributed by atoms with Gasteiger partial charge in [0.15, 0.2) is 0 Å². The summed E-state index contributed by atoms with van der Waals surface area (Å²) in [6, 6.07) is 42.9. The van der Waals surface area contributed by atoms with E-state index < -0.39 is 0 Å². The van der Waals surface area contributed by atoms with Gasteiger partial charge >= 0.3 is 0 Å². The first kappa shape index (κ1) is 34.7. The van der Waals surface area contributed by atoms with Gasteiger partial charge in [-0.3, -0.25) is 0 Å². The molecule has 0 amide bonds. The minimum Gasteiger partial charge on any atom is -0.456 e. The van der Waals surface area contributed by atoms with E-state index in [4.69, 9.17) is 8.83 Å². The maximum Gasteiger partial charge on any atom is 0.139 e. The molecule has 0 bridgehead atoms. The van der Waals surface area contributed by atoms with Crippen molar-refractivity contribution in [2.24, 2.45) is 0 Å². The van der Waals surface area contributed by atoms with Gasteiger partial charge in [0, 0.05) is 67.1 Å². The summed E-state index contributed by atoms with van der Waals surface area (Å²) in [6.45, 7) is 16.7. The van der Waals surface area contributed by atoms with Crippen LogP contribution in [-0.2, 0) is 6.42 Å². The third-order valence-electron chi connectivity index (χ3n) is 10.7. The van der Waals surface area contributed by atoms with E-state index >= 15 is 0 Å². The van der Waals surface area contributed by atoms with Crippen LogP contribution in [0.3, 0.4) is 0 Å². The first-order valence-electron chi connectivity index (χ1n) is 19.1. The molecule has 0 radical (unpaired) electrons. The number of hydrogen-bond acceptors (Lipinski definition) is 3. The lowest BCUT2D eigenvalue weighted by Crippen LogP contribution is -2.20. The Morgan fingerprint density at radius 1 is 0.661 bits per heavy atom. The second-order valence-corrected chi connectivity index (χ2v) is 14.1. The Hall–Kier alpha value is -7.04. The van der Waals surface area contributed by atoms with Crippen LogP contribution < -0.4 is 4.90 Å². The normalized spacial score (nSPS) is 12.6. The van der Waals surface area contributed by atoms with Crippen molar-refractivity contribution in [3.63, 3.8) is 0 Å². The molecular formula is C52H42N2O2. The average Bonchev–Trinajstić information content (AvgIpc) is 3.89. The van der Waals surface area contributed by atoms with E-state index in [1.54, 1.807) is 0 Å². The fourth-order valence-electron chi connectivity index (χ4n) is 8.34. The smallest absolute Gasteiger partial charge is 0.139 e. The van der Waals surface area contributed by atoms with Gasteiger partial charge in [-0.25, -0.2) is 0 Å². The Labute approximate surface area is 326 Å². The van der Waals surface area contributed by atoms with Crippen LogP contribution in [0.25, 0.3) is 71.4 Å². The van der Waals surface area contributed by atoms with Crippen LogP contribution >= 0.6 is 0 Å². The van der Waals surface area contributed by atoms with E-state index in [-0.39, 0.29) is 0 Å². The quantitative estimate of drug-likeness (QED) is 0.0983. The monoisotopic (exact) mass is 726 g/mol. The molecule has 3 aromatic heterocycles. The van der Waals surface area contributed by atoms with Gasteiger partial charge in [-0.2, -0.15) is 0 Å². The van der Waals surface area contributed by atoms with Crippen LogP contribution in [0.5, 0.6) is 0 Å². The highest BCUT2D eigenvalue weighted by Crippen LogP contribution is 2.44. The van der Waals surface area contributed by atoms with Crippen molar-refractivity contribution in [1.82, 2.24) is 4.57 Å². The fourth-order valence-corrected chi connectivity index (χ4v) is 8.34. The van der Waals surface area contributed by atoms with Crippen LogP contribution in [0.15, 0.2) is 203 Å². The number of benzene rings is 6. The number of anilines is 1. The maximum atomic E-state index is 6.90. The minimum absolute atomic E-state index is 0.670. The molecule has 272 valence electrons. The highest BCUT2D eigenvalue weighted by atomic mass is 16.3. The van der Waals surface area contributed by atoms with Crippen LogP contribution in [0, 0.1) is 0 Å². The Morgan fingerprint density at radius 2 is 1.34 bits per heavy atom. The zero-order valence-corrected chi connectivity index (χ0v) is 31.8. The fraction of sp³-hybridized carbons (Fsp3) is 0.0769. The molecule has 9 rings (SSSR count). The molecule has 56 heavy (non-hydrogen) atoms. The van der Waals surface area contributed by atoms with Gasteiger partial charge in [0.2, 0.25) is 0 Å². The van der Waals surface area contributed by atoms with Crippen molar-refractivity contribution in [2.45, 2.75) is 26.7 Å². The van der Waals surface area contributed by atoms with Crippen LogP contribution in [0.2, 0.25) is 0 Å². The number of nitrogens with zero attached hydrogens (tertiary/aromatic N) is 2. The number of allylic oxidation sites excluding steroid dienone is 7. The number of hydrogen-bond donors (Lipinski definition) is 0. The topological polar surface area (TPSA) is 34.5 Å². The third-order valence-corrected chi connectivity index (χ3v) is 10.7. The molecule has 3 heterocycles. The lowest BCUT2D eigenvalue weighted by molar-refractivity contribution is 0.660. The van der Waals surface area contributed by atoms with Crippen molar-refractivity contribution in [1.29, 1.82) is 0 Å². The van der Waals surface area contributed by atoms with E-state index in [1.165, 1.54) is 27.4 Å². The van der Waals surface area contributed by atoms with Gasteiger partial charge in [-0.1, -0.05) is 104 Å². The standard InChI is InChI=1S/C52H42N2O2/c1-6-17-34(5)53(45(19-8-3)36(9-4)18-7-2)37-26-29-49-43(32-37)51-44(30-35-20-11-10-12-21-35)52-42(33-50(51)55-49)41-31-38(27-28-48(41)56-52)54-46-24-15-13-22-39(46)40-23-14-16-25-47(40)54/h6-17,19-29,31-33H,2,4-5,18,30H2,1,3H3/b17-6-,19-8-,45-36-. The highest BCUT2D eigenvalue weighted by molar-refractivity contribution is 6.18. The highest BCUT2D eigenvalue weighted by Gasteiger charge is 2.23. The molecule has 0 aliphatic carbocycles. The predicted octanol–water partition coefficient (Wildman–Crippen LogP) is 14.7. The lowest BCUT2D eigenvalue weighted by atomic mass is 9.96. The van der Waals surface area contributed by atoms with E-state index in [0.29, 0.717) is 12.8 Å². The molecule has 0 aliphatic rings. The van der Waals surface area contributed by atoms with Gasteiger partial charge in [0.25, 0.3) is 0 Å². The molecule has 0 atom stereocenters. The van der Waals surface area contributed by atoms with Gasteiger partial charge in [0.1, 0.15) is 22.3 Å². The van der Waals surface area contributed by atoms with E-state index in [9.17, 15) is 0 Å². The van der Waals surface area contributed by atoms with Gasteiger partial charge in [-0.05, 0) is 98.2 Å². The van der Waals surface area contributed by atoms with Crippen molar-refractivity contribution < 1.29 is 8.83 Å². The average molecular weight is 727 g/mol. The van der Waals surface area contributed by atoms with Crippen molar-refractivity contribution in [3.8, 4) is 5.69 Å². The maximum absolute atomic E-state index is 6.90. The summed E-state index contributed by atoms with van der Waals surface area (Å²) in [4.78, 5) is 2.19. The zero-order valence-electron chi connectivity index (χ0n) is 31.8. The number of furan rings is 2. The molecule has 6 aromatic carbocycles. The largest absolute Gasteiger partial charge is 0.456 e. The Kier molecular flexibility index (Phi) is 8.87. The van der Waals surface area contributed by atoms with Crippen molar-refractivity contribution >= 4 is 71.4 Å². The summed E-state index contributed by atoms with van der Waals surface area (Å²) in [5, 5.41) is 6.60. The van der Waals surface area contributed by atoms with Crippen LogP contribution in [0.4, 0.5) is 5.69 Å². The summed E-state index contributed by atoms with van der Waals surface area (Å²) in [5.74, 6) is 0. The minimum atomic E-state index is 0.670. The third kappa shape index (κ3) is 5.70. The molecule has 0 spiro atoms. The molecule has 0 aliphatic heterocycles. The van der Waals surface area contributed by atoms with Gasteiger partial charge in [-0.15, -0.1) is 6.58 Å². The molecular weight excluding hydrogens is 685 g/mol. The Balaban J connectivity index is 1.31. The van der Waals surface area contributed by atoms with Crippen LogP contribution in [0.1, 0.15) is 31.4 Å². The SMILES string of the molecule is C=CC/C(C=C)=C(/C=C\C)N(C(=C)/C=C\C)c1ccc2oc3cc4c(oc5ccc(-n6c7ccccc7c7ccccc76)cc54)c(Cc4ccccc4)c3c2c1. The summed E-state index contributed by atoms with van der Waals surface area (Å²) in [7, 11) is 0. The van der Waals surface area contributed by atoms with E-state index in [0.717, 1.165) is 77.8 Å². The molecule has 0 unspecified atom stereocenters. The van der Waals surface area contributed by atoms with Gasteiger partial charge < -0.3 is 18.3 Å². The second-order valence-electron chi connectivity index (χ2n) is 14.1. The molecule has 4 nitrogen and oxygen atoms in total. The Bertz CT molecular complexity index is 3050. The Morgan fingerprint density at radius 3 is 2.04 bits per heavy atom. The molecule has 9 aromatic rings. The number of fused-ring (bicyclic) bond motifs is 9. The molecule has 0 saturated carbocycles. The molecule has 0 saturated heterocycles. The summed E-state index contributed by atoms with van der Waals surface area (Å²) in [5.41, 5.74) is 12.9. The van der Waals surface area contributed by atoms with Crippen molar-refractivity contribution in [3.05, 3.63) is 206 Å². The molecule has 0 fully saturated rings. The number of aromatic nitrogens is 1. The summed E-state index contributed by atoms with van der Waals surface area (Å²) < 4.78 is 16.0. The molecule has 0 N–H and O–H groups in total. The zero-order chi connectivity index (χ0) is 38.3. The second kappa shape index (κ2) is 14.3. The molecule has 4 heteroatoms. The first-order valence-corrected chi connectivity index (χ1v) is 19.1. The number of rotatable bonds is 11. The van der Waals surface area contributed by atoms with Crippen molar-refractivity contribution in [2.75, 3.05) is 4.90 Å². The van der Waals surface area contributed by atoms with E-state index in [2.05, 4.69) is 157 Å². The summed E-state index contributed by atoms with van der Waals surface area (Å²) in [6.07, 6.45) is 13.4. The van der Waals surface area contributed by atoms with E-state index in [1.807, 2.05) is 44.2 Å².